The molecule has 1 saturated heterocycles. The van der Waals surface area contributed by atoms with Crippen LogP contribution in [0.1, 0.15) is 43.4 Å². The van der Waals surface area contributed by atoms with Gasteiger partial charge in [0.05, 0.1) is 5.41 Å². The molecule has 0 radical (unpaired) electrons. The average molecular weight is 277 g/mol. The first kappa shape index (κ1) is 13.6. The van der Waals surface area contributed by atoms with E-state index in [2.05, 4.69) is 4.90 Å². The van der Waals surface area contributed by atoms with Crippen molar-refractivity contribution in [3.05, 3.63) is 35.1 Å². The van der Waals surface area contributed by atoms with E-state index in [1.54, 1.807) is 6.07 Å². The van der Waals surface area contributed by atoms with Gasteiger partial charge in [0, 0.05) is 12.6 Å². The third-order valence-corrected chi connectivity index (χ3v) is 4.85. The minimum Gasteiger partial charge on any atom is -0.481 e. The monoisotopic (exact) mass is 277 g/mol. The van der Waals surface area contributed by atoms with E-state index in [9.17, 15) is 14.3 Å². The number of nitrogens with zero attached hydrogens (tertiary/aromatic N) is 1. The number of carboxylic acid groups (broad SMARTS) is 1. The van der Waals surface area contributed by atoms with Crippen LogP contribution in [-0.2, 0) is 11.2 Å². The molecule has 1 N–H and O–H groups in total. The van der Waals surface area contributed by atoms with Crippen LogP contribution < -0.4 is 0 Å². The van der Waals surface area contributed by atoms with Crippen molar-refractivity contribution in [1.82, 2.24) is 4.90 Å². The van der Waals surface area contributed by atoms with Gasteiger partial charge >= 0.3 is 5.97 Å². The van der Waals surface area contributed by atoms with Gasteiger partial charge in [-0.1, -0.05) is 6.07 Å². The lowest BCUT2D eigenvalue weighted by atomic mass is 9.86. The zero-order chi connectivity index (χ0) is 14.3. The van der Waals surface area contributed by atoms with Gasteiger partial charge < -0.3 is 5.11 Å². The van der Waals surface area contributed by atoms with Crippen molar-refractivity contribution in [2.24, 2.45) is 5.41 Å². The molecule has 1 aromatic carbocycles. The SMILES string of the molecule is CC1(C(=O)O)CCN(C2CCCc3ccc(F)cc32)C1. The zero-order valence-corrected chi connectivity index (χ0v) is 11.7. The normalized spacial score (nSPS) is 30.2. The lowest BCUT2D eigenvalue weighted by molar-refractivity contribution is -0.147. The Balaban J connectivity index is 1.87. The molecule has 2 aliphatic rings. The second kappa shape index (κ2) is 4.85. The van der Waals surface area contributed by atoms with E-state index in [0.29, 0.717) is 13.0 Å². The van der Waals surface area contributed by atoms with Crippen molar-refractivity contribution in [1.29, 1.82) is 0 Å². The highest BCUT2D eigenvalue weighted by atomic mass is 19.1. The Bertz CT molecular complexity index is 545. The fourth-order valence-electron chi connectivity index (χ4n) is 3.56. The summed E-state index contributed by atoms with van der Waals surface area (Å²) in [6.07, 6.45) is 3.75. The lowest BCUT2D eigenvalue weighted by Crippen LogP contribution is -2.34. The molecule has 0 aromatic heterocycles. The van der Waals surface area contributed by atoms with Gasteiger partial charge in [0.2, 0.25) is 0 Å². The smallest absolute Gasteiger partial charge is 0.310 e. The number of hydrogen-bond donors (Lipinski definition) is 1. The molecule has 20 heavy (non-hydrogen) atoms. The number of aryl methyl sites for hydroxylation is 1. The molecule has 1 fully saturated rings. The average Bonchev–Trinajstić information content (AvgIpc) is 2.82. The summed E-state index contributed by atoms with van der Waals surface area (Å²) in [4.78, 5) is 13.6. The van der Waals surface area contributed by atoms with Crippen molar-refractivity contribution in [3.8, 4) is 0 Å². The fourth-order valence-corrected chi connectivity index (χ4v) is 3.56. The molecule has 0 bridgehead atoms. The van der Waals surface area contributed by atoms with E-state index < -0.39 is 11.4 Å². The Kier molecular flexibility index (Phi) is 3.28. The maximum Gasteiger partial charge on any atom is 0.310 e. The first-order chi connectivity index (χ1) is 9.49. The van der Waals surface area contributed by atoms with Gasteiger partial charge in [-0.15, -0.1) is 0 Å². The van der Waals surface area contributed by atoms with Crippen LogP contribution in [0.3, 0.4) is 0 Å². The van der Waals surface area contributed by atoms with Crippen LogP contribution in [0.25, 0.3) is 0 Å². The van der Waals surface area contributed by atoms with Crippen LogP contribution >= 0.6 is 0 Å². The number of benzene rings is 1. The summed E-state index contributed by atoms with van der Waals surface area (Å²) in [5, 5.41) is 9.34. The third kappa shape index (κ3) is 2.22. The van der Waals surface area contributed by atoms with Crippen LogP contribution in [0.5, 0.6) is 0 Å². The summed E-state index contributed by atoms with van der Waals surface area (Å²) in [6, 6.07) is 5.21. The Labute approximate surface area is 118 Å². The van der Waals surface area contributed by atoms with Gasteiger partial charge in [0.25, 0.3) is 0 Å². The summed E-state index contributed by atoms with van der Waals surface area (Å²) in [6.45, 7) is 3.15. The largest absolute Gasteiger partial charge is 0.481 e. The minimum absolute atomic E-state index is 0.177. The molecule has 0 saturated carbocycles. The molecule has 3 nitrogen and oxygen atoms in total. The molecule has 0 spiro atoms. The quantitative estimate of drug-likeness (QED) is 0.903. The molecule has 1 heterocycles. The zero-order valence-electron chi connectivity index (χ0n) is 11.7. The van der Waals surface area contributed by atoms with Crippen LogP contribution in [0, 0.1) is 11.2 Å². The lowest BCUT2D eigenvalue weighted by Gasteiger charge is -2.34. The summed E-state index contributed by atoms with van der Waals surface area (Å²) in [5.74, 6) is -0.925. The van der Waals surface area contributed by atoms with Gasteiger partial charge in [-0.3, -0.25) is 9.69 Å². The molecule has 4 heteroatoms. The molecule has 1 aliphatic carbocycles. The molecule has 3 rings (SSSR count). The molecule has 1 aliphatic heterocycles. The number of carbonyl (C=O) groups is 1. The van der Waals surface area contributed by atoms with Crippen LogP contribution in [0.2, 0.25) is 0 Å². The summed E-state index contributed by atoms with van der Waals surface area (Å²) in [7, 11) is 0. The topological polar surface area (TPSA) is 40.5 Å². The molecular weight excluding hydrogens is 257 g/mol. The Morgan fingerprint density at radius 1 is 1.50 bits per heavy atom. The summed E-state index contributed by atoms with van der Waals surface area (Å²) < 4.78 is 13.5. The first-order valence-electron chi connectivity index (χ1n) is 7.25. The van der Waals surface area contributed by atoms with Crippen LogP contribution in [0.15, 0.2) is 18.2 Å². The van der Waals surface area contributed by atoms with E-state index >= 15 is 0 Å². The molecule has 1 aromatic rings. The van der Waals surface area contributed by atoms with Crippen molar-refractivity contribution >= 4 is 5.97 Å². The second-order valence-electron chi connectivity index (χ2n) is 6.34. The number of likely N-dealkylation sites (tertiary alicyclic amines) is 1. The molecule has 2 atom stereocenters. The Hall–Kier alpha value is -1.42. The minimum atomic E-state index is -0.727. The molecule has 108 valence electrons. The standard InChI is InChI=1S/C16H20FNO2/c1-16(15(19)20)7-8-18(10-16)14-4-2-3-11-5-6-12(17)9-13(11)14/h5-6,9,14H,2-4,7-8,10H2,1H3,(H,19,20). The van der Waals surface area contributed by atoms with E-state index in [1.165, 1.54) is 11.6 Å². The van der Waals surface area contributed by atoms with E-state index in [-0.39, 0.29) is 11.9 Å². The van der Waals surface area contributed by atoms with Crippen LogP contribution in [-0.4, -0.2) is 29.1 Å². The van der Waals surface area contributed by atoms with Gasteiger partial charge in [-0.2, -0.15) is 0 Å². The van der Waals surface area contributed by atoms with E-state index in [1.807, 2.05) is 13.0 Å². The van der Waals surface area contributed by atoms with Gasteiger partial charge in [0.1, 0.15) is 5.82 Å². The van der Waals surface area contributed by atoms with E-state index in [4.69, 9.17) is 0 Å². The highest BCUT2D eigenvalue weighted by Crippen LogP contribution is 2.40. The van der Waals surface area contributed by atoms with Crippen molar-refractivity contribution in [2.75, 3.05) is 13.1 Å². The fraction of sp³-hybridized carbons (Fsp3) is 0.562. The Morgan fingerprint density at radius 3 is 3.00 bits per heavy atom. The van der Waals surface area contributed by atoms with Gasteiger partial charge in [0.15, 0.2) is 0 Å². The molecular formula is C16H20FNO2. The molecule has 2 unspecified atom stereocenters. The maximum absolute atomic E-state index is 13.5. The highest BCUT2D eigenvalue weighted by molar-refractivity contribution is 5.74. The number of hydrogen-bond acceptors (Lipinski definition) is 2. The number of carboxylic acids is 1. The number of rotatable bonds is 2. The summed E-state index contributed by atoms with van der Waals surface area (Å²) in [5.41, 5.74) is 1.61. The summed E-state index contributed by atoms with van der Waals surface area (Å²) >= 11 is 0. The predicted octanol–water partition coefficient (Wildman–Crippen LogP) is 3.00. The number of fused-ring (bicyclic) bond motifs is 1. The van der Waals surface area contributed by atoms with Crippen molar-refractivity contribution < 1.29 is 14.3 Å². The Morgan fingerprint density at radius 2 is 2.30 bits per heavy atom. The van der Waals surface area contributed by atoms with Crippen molar-refractivity contribution in [3.63, 3.8) is 0 Å². The third-order valence-electron chi connectivity index (χ3n) is 4.85. The molecule has 0 amide bonds. The number of halogens is 1. The highest BCUT2D eigenvalue weighted by Gasteiger charge is 2.43. The first-order valence-corrected chi connectivity index (χ1v) is 7.25. The maximum atomic E-state index is 13.5. The predicted molar refractivity (Wildman–Crippen MR) is 74.0 cm³/mol. The van der Waals surface area contributed by atoms with Gasteiger partial charge in [-0.25, -0.2) is 4.39 Å². The van der Waals surface area contributed by atoms with E-state index in [0.717, 1.165) is 31.4 Å². The van der Waals surface area contributed by atoms with Crippen molar-refractivity contribution in [2.45, 2.75) is 38.6 Å². The number of aliphatic carboxylic acids is 1. The second-order valence-corrected chi connectivity index (χ2v) is 6.34. The van der Waals surface area contributed by atoms with Crippen LogP contribution in [0.4, 0.5) is 4.39 Å². The van der Waals surface area contributed by atoms with Gasteiger partial charge in [-0.05, 0) is 62.4 Å².